The number of nitrogens with two attached hydrogens (primary N) is 1. The van der Waals surface area contributed by atoms with E-state index in [0.29, 0.717) is 24.9 Å². The molecule has 0 bridgehead atoms. The quantitative estimate of drug-likeness (QED) is 0.591. The van der Waals surface area contributed by atoms with E-state index in [1.807, 2.05) is 18.2 Å². The molecule has 0 aromatic heterocycles. The lowest BCUT2D eigenvalue weighted by molar-refractivity contribution is -0.153. The lowest BCUT2D eigenvalue weighted by Crippen LogP contribution is -2.46. The summed E-state index contributed by atoms with van der Waals surface area (Å²) in [5, 5.41) is 14.6. The van der Waals surface area contributed by atoms with Crippen molar-refractivity contribution in [3.05, 3.63) is 71.3 Å². The number of hydrogen-bond acceptors (Lipinski definition) is 6. The maximum atomic E-state index is 14.5. The Morgan fingerprint density at radius 2 is 1.97 bits per heavy atom. The number of rotatable bonds is 9. The first-order valence-corrected chi connectivity index (χ1v) is 10.8. The summed E-state index contributed by atoms with van der Waals surface area (Å²) >= 11 is 1.13. The van der Waals surface area contributed by atoms with Gasteiger partial charge in [-0.05, 0) is 50.1 Å². The highest BCUT2D eigenvalue weighted by Crippen LogP contribution is 2.50. The SMILES string of the molecule is CC(OCC(=O)O)C(=O)N1N=C(c2cc(F)ccc2F)SC1(CCCN)c1ccccc1. The van der Waals surface area contributed by atoms with E-state index in [1.54, 1.807) is 12.1 Å². The minimum atomic E-state index is -1.22. The topological polar surface area (TPSA) is 105 Å². The first kappa shape index (κ1) is 23.8. The van der Waals surface area contributed by atoms with Crippen molar-refractivity contribution >= 4 is 28.7 Å². The Labute approximate surface area is 188 Å². The van der Waals surface area contributed by atoms with Gasteiger partial charge >= 0.3 is 5.97 Å². The van der Waals surface area contributed by atoms with Crippen LogP contribution in [0.25, 0.3) is 0 Å². The molecular weight excluding hydrogens is 440 g/mol. The highest BCUT2D eigenvalue weighted by Gasteiger charge is 2.49. The Hall–Kier alpha value is -2.82. The summed E-state index contributed by atoms with van der Waals surface area (Å²) < 4.78 is 33.6. The molecule has 2 atom stereocenters. The van der Waals surface area contributed by atoms with Gasteiger partial charge in [0.25, 0.3) is 5.91 Å². The zero-order valence-electron chi connectivity index (χ0n) is 17.3. The van der Waals surface area contributed by atoms with Crippen molar-refractivity contribution in [2.75, 3.05) is 13.2 Å². The fourth-order valence-electron chi connectivity index (χ4n) is 3.36. The summed E-state index contributed by atoms with van der Waals surface area (Å²) in [5.74, 6) is -3.14. The third-order valence-corrected chi connectivity index (χ3v) is 6.36. The van der Waals surface area contributed by atoms with E-state index in [4.69, 9.17) is 15.6 Å². The minimum Gasteiger partial charge on any atom is -0.480 e. The number of carboxylic acid groups (broad SMARTS) is 1. The molecule has 0 radical (unpaired) electrons. The lowest BCUT2D eigenvalue weighted by atomic mass is 10.00. The summed E-state index contributed by atoms with van der Waals surface area (Å²) in [6, 6.07) is 12.1. The molecule has 0 aliphatic carbocycles. The van der Waals surface area contributed by atoms with Crippen molar-refractivity contribution in [1.82, 2.24) is 5.01 Å². The fraction of sp³-hybridized carbons (Fsp3) is 0.318. The van der Waals surface area contributed by atoms with E-state index < -0.39 is 41.1 Å². The predicted octanol–water partition coefficient (Wildman–Crippen LogP) is 3.28. The smallest absolute Gasteiger partial charge is 0.329 e. The number of amides is 1. The molecule has 2 aromatic rings. The molecule has 32 heavy (non-hydrogen) atoms. The van der Waals surface area contributed by atoms with E-state index >= 15 is 0 Å². The van der Waals surface area contributed by atoms with Crippen LogP contribution in [-0.4, -0.2) is 46.3 Å². The number of carbonyl (C=O) groups excluding carboxylic acids is 1. The van der Waals surface area contributed by atoms with Gasteiger partial charge in [0.05, 0.1) is 0 Å². The molecule has 3 rings (SSSR count). The van der Waals surface area contributed by atoms with Crippen LogP contribution in [0.3, 0.4) is 0 Å². The second-order valence-electron chi connectivity index (χ2n) is 7.17. The van der Waals surface area contributed by atoms with Crippen LogP contribution in [-0.2, 0) is 19.2 Å². The van der Waals surface area contributed by atoms with E-state index in [0.717, 1.165) is 30.0 Å². The van der Waals surface area contributed by atoms with Crippen LogP contribution in [0.15, 0.2) is 53.6 Å². The van der Waals surface area contributed by atoms with Crippen molar-refractivity contribution in [2.24, 2.45) is 10.8 Å². The number of ether oxygens (including phenoxy) is 1. The number of hydrazone groups is 1. The summed E-state index contributed by atoms with van der Waals surface area (Å²) in [6.45, 7) is 1.10. The molecule has 3 N–H and O–H groups in total. The van der Waals surface area contributed by atoms with Crippen molar-refractivity contribution < 1.29 is 28.2 Å². The zero-order chi connectivity index (χ0) is 23.3. The van der Waals surface area contributed by atoms with Gasteiger partial charge in [-0.2, -0.15) is 5.10 Å². The lowest BCUT2D eigenvalue weighted by Gasteiger charge is -2.37. The number of carbonyl (C=O) groups is 2. The van der Waals surface area contributed by atoms with E-state index in [9.17, 15) is 18.4 Å². The summed E-state index contributed by atoms with van der Waals surface area (Å²) in [6.07, 6.45) is -0.239. The average Bonchev–Trinajstić information content (AvgIpc) is 3.18. The molecule has 0 saturated carbocycles. The first-order chi connectivity index (χ1) is 15.3. The third kappa shape index (κ3) is 4.98. The number of nitrogens with zero attached hydrogens (tertiary/aromatic N) is 2. The number of hydrogen-bond donors (Lipinski definition) is 2. The Bertz CT molecular complexity index is 1020. The fourth-order valence-corrected chi connectivity index (χ4v) is 4.78. The largest absolute Gasteiger partial charge is 0.480 e. The van der Waals surface area contributed by atoms with Crippen LogP contribution in [0.4, 0.5) is 8.78 Å². The van der Waals surface area contributed by atoms with E-state index in [1.165, 1.54) is 11.9 Å². The first-order valence-electron chi connectivity index (χ1n) is 9.94. The highest BCUT2D eigenvalue weighted by atomic mass is 32.2. The van der Waals surface area contributed by atoms with Crippen molar-refractivity contribution in [3.63, 3.8) is 0 Å². The van der Waals surface area contributed by atoms with Gasteiger partial charge in [-0.1, -0.05) is 42.1 Å². The van der Waals surface area contributed by atoms with Crippen LogP contribution < -0.4 is 5.73 Å². The number of carboxylic acids is 1. The molecule has 1 aliphatic heterocycles. The molecule has 0 spiro atoms. The van der Waals surface area contributed by atoms with Crippen LogP contribution >= 0.6 is 11.8 Å². The van der Waals surface area contributed by atoms with Gasteiger partial charge in [-0.15, -0.1) is 0 Å². The summed E-state index contributed by atoms with van der Waals surface area (Å²) in [7, 11) is 0. The minimum absolute atomic E-state index is 0.0718. The monoisotopic (exact) mass is 463 g/mol. The van der Waals surface area contributed by atoms with Crippen molar-refractivity contribution in [2.45, 2.75) is 30.7 Å². The van der Waals surface area contributed by atoms with Gasteiger partial charge in [-0.25, -0.2) is 18.6 Å². The summed E-state index contributed by atoms with van der Waals surface area (Å²) in [4.78, 5) is 23.1. The predicted molar refractivity (Wildman–Crippen MR) is 117 cm³/mol. The van der Waals surface area contributed by atoms with Gasteiger partial charge in [0.2, 0.25) is 0 Å². The highest BCUT2D eigenvalue weighted by molar-refractivity contribution is 8.15. The van der Waals surface area contributed by atoms with Gasteiger partial charge in [0.1, 0.15) is 34.3 Å². The van der Waals surface area contributed by atoms with Crippen LogP contribution in [0.1, 0.15) is 30.9 Å². The normalized spacial score (nSPS) is 19.0. The molecule has 0 saturated heterocycles. The number of benzene rings is 2. The van der Waals surface area contributed by atoms with Crippen LogP contribution in [0.5, 0.6) is 0 Å². The Kier molecular flexibility index (Phi) is 7.60. The molecule has 7 nitrogen and oxygen atoms in total. The van der Waals surface area contributed by atoms with E-state index in [-0.39, 0.29) is 10.6 Å². The molecule has 2 aromatic carbocycles. The standard InChI is InChI=1S/C22H23F2N3O4S/c1-14(31-13-19(28)29)21(30)27-22(10-5-11-25,15-6-3-2-4-7-15)32-20(26-27)17-12-16(23)8-9-18(17)24/h2-4,6-9,12,14H,5,10-11,13,25H2,1H3,(H,28,29). The van der Waals surface area contributed by atoms with E-state index in [2.05, 4.69) is 5.10 Å². The maximum Gasteiger partial charge on any atom is 0.329 e. The Morgan fingerprint density at radius 1 is 1.25 bits per heavy atom. The number of aliphatic carboxylic acids is 1. The molecular formula is C22H23F2N3O4S. The Morgan fingerprint density at radius 3 is 2.62 bits per heavy atom. The Balaban J connectivity index is 2.09. The second-order valence-corrected chi connectivity index (χ2v) is 8.44. The number of thioether (sulfide) groups is 1. The van der Waals surface area contributed by atoms with Crippen LogP contribution in [0, 0.1) is 11.6 Å². The van der Waals surface area contributed by atoms with Gasteiger partial charge < -0.3 is 15.6 Å². The molecule has 10 heteroatoms. The molecule has 1 aliphatic rings. The van der Waals surface area contributed by atoms with Gasteiger partial charge in [0.15, 0.2) is 0 Å². The second kappa shape index (κ2) is 10.2. The van der Waals surface area contributed by atoms with Gasteiger partial charge in [-0.3, -0.25) is 4.79 Å². The van der Waals surface area contributed by atoms with Gasteiger partial charge in [0, 0.05) is 5.56 Å². The summed E-state index contributed by atoms with van der Waals surface area (Å²) in [5.41, 5.74) is 6.39. The average molecular weight is 464 g/mol. The molecule has 2 unspecified atom stereocenters. The zero-order valence-corrected chi connectivity index (χ0v) is 18.1. The van der Waals surface area contributed by atoms with Crippen molar-refractivity contribution in [1.29, 1.82) is 0 Å². The molecule has 170 valence electrons. The number of halogens is 2. The van der Waals surface area contributed by atoms with Crippen molar-refractivity contribution in [3.8, 4) is 0 Å². The molecule has 1 amide bonds. The maximum absolute atomic E-state index is 14.5. The molecule has 0 fully saturated rings. The van der Waals surface area contributed by atoms with Crippen LogP contribution in [0.2, 0.25) is 0 Å². The molecule has 1 heterocycles. The third-order valence-electron chi connectivity index (χ3n) is 4.92.